The molecule has 0 aromatic carbocycles. The molecule has 1 fully saturated rings. The Morgan fingerprint density at radius 2 is 2.33 bits per heavy atom. The quantitative estimate of drug-likeness (QED) is 0.817. The van der Waals surface area contributed by atoms with E-state index in [-0.39, 0.29) is 11.6 Å². The second-order valence-electron chi connectivity index (χ2n) is 4.02. The van der Waals surface area contributed by atoms with E-state index in [2.05, 4.69) is 10.1 Å². The fourth-order valence-corrected chi connectivity index (χ4v) is 1.76. The molecule has 0 radical (unpaired) electrons. The fourth-order valence-electron chi connectivity index (χ4n) is 1.76. The molecule has 0 aliphatic heterocycles. The summed E-state index contributed by atoms with van der Waals surface area (Å²) in [5, 5.41) is 3.96. The zero-order valence-electron chi connectivity index (χ0n) is 9.19. The van der Waals surface area contributed by atoms with E-state index in [0.29, 0.717) is 11.7 Å². The van der Waals surface area contributed by atoms with Crippen LogP contribution < -0.4 is 5.73 Å². The number of rotatable bonds is 4. The van der Waals surface area contributed by atoms with Crippen molar-refractivity contribution in [2.45, 2.75) is 44.2 Å². The minimum absolute atomic E-state index is 0.166. The van der Waals surface area contributed by atoms with Crippen LogP contribution in [-0.4, -0.2) is 17.3 Å². The lowest BCUT2D eigenvalue weighted by Crippen LogP contribution is -2.37. The molecule has 1 aliphatic carbocycles. The molecule has 0 unspecified atom stereocenters. The standard InChI is InChI=1S/C10H17N3O2/c1-3-7(11)8-12-9(13-15-8)10(14-2)5-4-6-10/h7H,3-6,11H2,1-2H3/t7-/m0/s1. The highest BCUT2D eigenvalue weighted by Crippen LogP contribution is 2.42. The van der Waals surface area contributed by atoms with E-state index in [9.17, 15) is 0 Å². The first-order chi connectivity index (χ1) is 7.22. The Hall–Kier alpha value is -0.940. The van der Waals surface area contributed by atoms with E-state index in [0.717, 1.165) is 25.7 Å². The van der Waals surface area contributed by atoms with E-state index in [4.69, 9.17) is 15.0 Å². The van der Waals surface area contributed by atoms with Gasteiger partial charge in [-0.15, -0.1) is 0 Å². The van der Waals surface area contributed by atoms with Gasteiger partial charge in [-0.2, -0.15) is 4.98 Å². The van der Waals surface area contributed by atoms with Crippen molar-refractivity contribution in [1.82, 2.24) is 10.1 Å². The van der Waals surface area contributed by atoms with Crippen LogP contribution >= 0.6 is 0 Å². The van der Waals surface area contributed by atoms with Crippen molar-refractivity contribution < 1.29 is 9.26 Å². The molecule has 84 valence electrons. The number of nitrogens with zero attached hydrogens (tertiary/aromatic N) is 2. The third-order valence-corrected chi connectivity index (χ3v) is 3.16. The zero-order chi connectivity index (χ0) is 10.9. The van der Waals surface area contributed by atoms with Gasteiger partial charge in [-0.05, 0) is 25.7 Å². The number of hydrogen-bond donors (Lipinski definition) is 1. The number of methoxy groups -OCH3 is 1. The van der Waals surface area contributed by atoms with Gasteiger partial charge in [0.1, 0.15) is 5.60 Å². The Kier molecular flexibility index (Phi) is 2.75. The summed E-state index contributed by atoms with van der Waals surface area (Å²) in [5.74, 6) is 1.16. The summed E-state index contributed by atoms with van der Waals surface area (Å²) in [6.45, 7) is 1.99. The van der Waals surface area contributed by atoms with Crippen LogP contribution in [-0.2, 0) is 10.3 Å². The number of nitrogens with two attached hydrogens (primary N) is 1. The number of hydrogen-bond acceptors (Lipinski definition) is 5. The van der Waals surface area contributed by atoms with E-state index >= 15 is 0 Å². The minimum Gasteiger partial charge on any atom is -0.370 e. The summed E-state index contributed by atoms with van der Waals surface area (Å²) in [6.07, 6.45) is 3.87. The van der Waals surface area contributed by atoms with Crippen molar-refractivity contribution in [1.29, 1.82) is 0 Å². The molecule has 0 spiro atoms. The maximum absolute atomic E-state index is 5.81. The van der Waals surface area contributed by atoms with Gasteiger partial charge in [0.25, 0.3) is 0 Å². The van der Waals surface area contributed by atoms with Gasteiger partial charge >= 0.3 is 0 Å². The monoisotopic (exact) mass is 211 g/mol. The number of ether oxygens (including phenoxy) is 1. The van der Waals surface area contributed by atoms with Crippen LogP contribution in [0.4, 0.5) is 0 Å². The second kappa shape index (κ2) is 3.90. The lowest BCUT2D eigenvalue weighted by Gasteiger charge is -2.37. The van der Waals surface area contributed by atoms with Crippen LogP contribution in [0.15, 0.2) is 4.52 Å². The Bertz CT molecular complexity index is 328. The first-order valence-corrected chi connectivity index (χ1v) is 5.36. The van der Waals surface area contributed by atoms with E-state index < -0.39 is 0 Å². The molecule has 5 nitrogen and oxygen atoms in total. The van der Waals surface area contributed by atoms with E-state index in [1.807, 2.05) is 6.92 Å². The van der Waals surface area contributed by atoms with Crippen LogP contribution in [0.5, 0.6) is 0 Å². The summed E-state index contributed by atoms with van der Waals surface area (Å²) in [7, 11) is 1.69. The van der Waals surface area contributed by atoms with Gasteiger partial charge in [0, 0.05) is 7.11 Å². The molecule has 2 rings (SSSR count). The van der Waals surface area contributed by atoms with Gasteiger partial charge in [-0.1, -0.05) is 12.1 Å². The molecule has 2 N–H and O–H groups in total. The third-order valence-electron chi connectivity index (χ3n) is 3.16. The minimum atomic E-state index is -0.310. The molecule has 5 heteroatoms. The topological polar surface area (TPSA) is 74.2 Å². The normalized spacial score (nSPS) is 21.0. The van der Waals surface area contributed by atoms with Crippen LogP contribution in [0.3, 0.4) is 0 Å². The van der Waals surface area contributed by atoms with Crippen LogP contribution in [0.1, 0.15) is 50.4 Å². The maximum Gasteiger partial charge on any atom is 0.243 e. The molecular formula is C10H17N3O2. The SMILES string of the molecule is CC[C@H](N)c1nc(C2(OC)CCC2)no1. The van der Waals surface area contributed by atoms with Crippen molar-refractivity contribution in [3.8, 4) is 0 Å². The molecule has 1 aromatic rings. The molecule has 1 aromatic heterocycles. The van der Waals surface area contributed by atoms with E-state index in [1.165, 1.54) is 0 Å². The molecule has 1 heterocycles. The van der Waals surface area contributed by atoms with Crippen molar-refractivity contribution >= 4 is 0 Å². The molecule has 0 bridgehead atoms. The van der Waals surface area contributed by atoms with Gasteiger partial charge in [-0.25, -0.2) is 0 Å². The van der Waals surface area contributed by atoms with Crippen molar-refractivity contribution in [3.05, 3.63) is 11.7 Å². The first-order valence-electron chi connectivity index (χ1n) is 5.36. The van der Waals surface area contributed by atoms with Crippen LogP contribution in [0.2, 0.25) is 0 Å². The van der Waals surface area contributed by atoms with Gasteiger partial charge in [0.2, 0.25) is 11.7 Å². The van der Waals surface area contributed by atoms with Crippen molar-refractivity contribution in [2.24, 2.45) is 5.73 Å². The highest BCUT2D eigenvalue weighted by Gasteiger charge is 2.43. The Labute approximate surface area is 89.0 Å². The second-order valence-corrected chi connectivity index (χ2v) is 4.02. The average Bonchev–Trinajstić information content (AvgIpc) is 2.65. The third kappa shape index (κ3) is 1.66. The first kappa shape index (κ1) is 10.6. The summed E-state index contributed by atoms with van der Waals surface area (Å²) in [4.78, 5) is 4.32. The van der Waals surface area contributed by atoms with Crippen molar-refractivity contribution in [2.75, 3.05) is 7.11 Å². The Balaban J connectivity index is 2.19. The summed E-state index contributed by atoms with van der Waals surface area (Å²) < 4.78 is 10.6. The average molecular weight is 211 g/mol. The van der Waals surface area contributed by atoms with Crippen molar-refractivity contribution in [3.63, 3.8) is 0 Å². The van der Waals surface area contributed by atoms with Gasteiger partial charge in [0.15, 0.2) is 0 Å². The fraction of sp³-hybridized carbons (Fsp3) is 0.800. The van der Waals surface area contributed by atoms with Crippen LogP contribution in [0, 0.1) is 0 Å². The summed E-state index contributed by atoms with van der Waals surface area (Å²) >= 11 is 0. The molecule has 0 amide bonds. The summed E-state index contributed by atoms with van der Waals surface area (Å²) in [5.41, 5.74) is 5.50. The van der Waals surface area contributed by atoms with Gasteiger partial charge < -0.3 is 15.0 Å². The highest BCUT2D eigenvalue weighted by atomic mass is 16.5. The predicted octanol–water partition coefficient (Wildman–Crippen LogP) is 1.51. The van der Waals surface area contributed by atoms with Crippen LogP contribution in [0.25, 0.3) is 0 Å². The molecule has 1 aliphatic rings. The molecule has 1 saturated carbocycles. The molecular weight excluding hydrogens is 194 g/mol. The lowest BCUT2D eigenvalue weighted by atomic mass is 9.79. The largest absolute Gasteiger partial charge is 0.370 e. The van der Waals surface area contributed by atoms with E-state index in [1.54, 1.807) is 7.11 Å². The Morgan fingerprint density at radius 3 is 2.80 bits per heavy atom. The lowest BCUT2D eigenvalue weighted by molar-refractivity contribution is -0.0858. The Morgan fingerprint density at radius 1 is 1.60 bits per heavy atom. The summed E-state index contributed by atoms with van der Waals surface area (Å²) in [6, 6.07) is -0.166. The zero-order valence-corrected chi connectivity index (χ0v) is 9.19. The predicted molar refractivity (Wildman–Crippen MR) is 54.1 cm³/mol. The molecule has 15 heavy (non-hydrogen) atoms. The van der Waals surface area contributed by atoms with Gasteiger partial charge in [0.05, 0.1) is 6.04 Å². The maximum atomic E-state index is 5.81. The molecule has 0 saturated heterocycles. The smallest absolute Gasteiger partial charge is 0.243 e. The molecule has 1 atom stereocenters. The number of aromatic nitrogens is 2. The van der Waals surface area contributed by atoms with Gasteiger partial charge in [-0.3, -0.25) is 0 Å². The highest BCUT2D eigenvalue weighted by molar-refractivity contribution is 5.07.